The minimum atomic E-state index is 0.317. The quantitative estimate of drug-likeness (QED) is 0.810. The number of ether oxygens (including phenoxy) is 1. The Labute approximate surface area is 157 Å². The lowest BCUT2D eigenvalue weighted by Gasteiger charge is -2.36. The zero-order chi connectivity index (χ0) is 17.8. The highest BCUT2D eigenvalue weighted by Crippen LogP contribution is 2.34. The fraction of sp³-hybridized carbons (Fsp3) is 0.478. The third-order valence-corrected chi connectivity index (χ3v) is 5.82. The molecule has 0 aliphatic carbocycles. The third-order valence-electron chi connectivity index (χ3n) is 5.82. The molecule has 3 heteroatoms. The minimum Gasteiger partial charge on any atom is -0.374 e. The summed E-state index contributed by atoms with van der Waals surface area (Å²) in [6, 6.07) is 20.2. The fourth-order valence-electron chi connectivity index (χ4n) is 4.50. The highest BCUT2D eigenvalue weighted by molar-refractivity contribution is 5.29. The molecule has 2 aliphatic heterocycles. The molecule has 2 unspecified atom stereocenters. The fourth-order valence-corrected chi connectivity index (χ4v) is 4.50. The second kappa shape index (κ2) is 8.34. The van der Waals surface area contributed by atoms with Crippen molar-refractivity contribution in [3.8, 4) is 0 Å². The summed E-state index contributed by atoms with van der Waals surface area (Å²) in [7, 11) is 0. The number of likely N-dealkylation sites (tertiary alicyclic amines) is 1. The van der Waals surface area contributed by atoms with Gasteiger partial charge in [0.1, 0.15) is 0 Å². The Morgan fingerprint density at radius 2 is 1.81 bits per heavy atom. The maximum absolute atomic E-state index is 6.14. The standard InChI is InChI=1S/C23H30N2O/c1-19-8-5-6-11-22(19)23-12-7-13-25(23)18-21-17-24(14-15-26-21)16-20-9-3-2-4-10-20/h2-6,8-11,21,23H,7,12-18H2,1H3. The van der Waals surface area contributed by atoms with Gasteiger partial charge in [-0.15, -0.1) is 0 Å². The summed E-state index contributed by atoms with van der Waals surface area (Å²) in [4.78, 5) is 5.20. The molecule has 0 saturated carbocycles. The summed E-state index contributed by atoms with van der Waals surface area (Å²) in [6.07, 6.45) is 2.88. The van der Waals surface area contributed by atoms with Crippen molar-refractivity contribution in [2.75, 3.05) is 32.8 Å². The molecule has 0 aromatic heterocycles. The zero-order valence-electron chi connectivity index (χ0n) is 15.8. The van der Waals surface area contributed by atoms with Crippen LogP contribution in [-0.4, -0.2) is 48.7 Å². The van der Waals surface area contributed by atoms with Gasteiger partial charge in [0, 0.05) is 32.2 Å². The van der Waals surface area contributed by atoms with Gasteiger partial charge in [0.2, 0.25) is 0 Å². The van der Waals surface area contributed by atoms with Crippen LogP contribution in [0.1, 0.15) is 35.6 Å². The van der Waals surface area contributed by atoms with Gasteiger partial charge in [-0.1, -0.05) is 54.6 Å². The van der Waals surface area contributed by atoms with Crippen molar-refractivity contribution < 1.29 is 4.74 Å². The first-order valence-electron chi connectivity index (χ1n) is 9.97. The predicted octanol–water partition coefficient (Wildman–Crippen LogP) is 4.03. The number of hydrogen-bond donors (Lipinski definition) is 0. The second-order valence-corrected chi connectivity index (χ2v) is 7.72. The molecule has 2 atom stereocenters. The van der Waals surface area contributed by atoms with E-state index in [9.17, 15) is 0 Å². The Bertz CT molecular complexity index is 702. The summed E-state index contributed by atoms with van der Waals surface area (Å²) >= 11 is 0. The van der Waals surface area contributed by atoms with Gasteiger partial charge in [0.15, 0.2) is 0 Å². The van der Waals surface area contributed by atoms with E-state index in [1.807, 2.05) is 0 Å². The van der Waals surface area contributed by atoms with E-state index < -0.39 is 0 Å². The van der Waals surface area contributed by atoms with Crippen LogP contribution >= 0.6 is 0 Å². The summed E-state index contributed by atoms with van der Waals surface area (Å²) in [5.74, 6) is 0. The molecular formula is C23H30N2O. The highest BCUT2D eigenvalue weighted by Gasteiger charge is 2.30. The molecule has 0 bridgehead atoms. The van der Waals surface area contributed by atoms with E-state index >= 15 is 0 Å². The van der Waals surface area contributed by atoms with Crippen LogP contribution < -0.4 is 0 Å². The number of benzene rings is 2. The first-order valence-corrected chi connectivity index (χ1v) is 9.97. The second-order valence-electron chi connectivity index (χ2n) is 7.72. The molecule has 2 saturated heterocycles. The van der Waals surface area contributed by atoms with Crippen molar-refractivity contribution in [1.82, 2.24) is 9.80 Å². The summed E-state index contributed by atoms with van der Waals surface area (Å²) in [6.45, 7) is 8.42. The van der Waals surface area contributed by atoms with Gasteiger partial charge >= 0.3 is 0 Å². The Hall–Kier alpha value is -1.68. The molecule has 2 heterocycles. The van der Waals surface area contributed by atoms with E-state index in [1.165, 1.54) is 36.1 Å². The molecular weight excluding hydrogens is 320 g/mol. The largest absolute Gasteiger partial charge is 0.374 e. The summed E-state index contributed by atoms with van der Waals surface area (Å²) in [5, 5.41) is 0. The number of morpholine rings is 1. The van der Waals surface area contributed by atoms with Crippen molar-refractivity contribution >= 4 is 0 Å². The van der Waals surface area contributed by atoms with Crippen LogP contribution in [0.3, 0.4) is 0 Å². The van der Waals surface area contributed by atoms with E-state index in [-0.39, 0.29) is 0 Å². The predicted molar refractivity (Wildman–Crippen MR) is 106 cm³/mol. The van der Waals surface area contributed by atoms with E-state index in [0.29, 0.717) is 12.1 Å². The molecule has 2 fully saturated rings. The van der Waals surface area contributed by atoms with Crippen molar-refractivity contribution in [2.24, 2.45) is 0 Å². The van der Waals surface area contributed by atoms with Crippen LogP contribution in [0.25, 0.3) is 0 Å². The highest BCUT2D eigenvalue weighted by atomic mass is 16.5. The Morgan fingerprint density at radius 3 is 2.65 bits per heavy atom. The molecule has 138 valence electrons. The van der Waals surface area contributed by atoms with Crippen molar-refractivity contribution in [1.29, 1.82) is 0 Å². The number of hydrogen-bond acceptors (Lipinski definition) is 3. The number of aryl methyl sites for hydroxylation is 1. The van der Waals surface area contributed by atoms with Gasteiger partial charge in [-0.3, -0.25) is 9.80 Å². The van der Waals surface area contributed by atoms with Crippen LogP contribution in [0.2, 0.25) is 0 Å². The van der Waals surface area contributed by atoms with Gasteiger partial charge in [0.05, 0.1) is 12.7 Å². The van der Waals surface area contributed by atoms with Crippen LogP contribution in [0.4, 0.5) is 0 Å². The van der Waals surface area contributed by atoms with Gasteiger partial charge in [-0.05, 0) is 43.0 Å². The molecule has 4 rings (SSSR count). The van der Waals surface area contributed by atoms with E-state index in [2.05, 4.69) is 71.3 Å². The van der Waals surface area contributed by atoms with Crippen molar-refractivity contribution in [2.45, 2.75) is 38.5 Å². The maximum atomic E-state index is 6.14. The molecule has 3 nitrogen and oxygen atoms in total. The molecule has 0 spiro atoms. The lowest BCUT2D eigenvalue weighted by Crippen LogP contribution is -2.47. The summed E-state index contributed by atoms with van der Waals surface area (Å²) in [5.41, 5.74) is 4.31. The van der Waals surface area contributed by atoms with Gasteiger partial charge < -0.3 is 4.74 Å². The first-order chi connectivity index (χ1) is 12.8. The Balaban J connectivity index is 1.38. The lowest BCUT2D eigenvalue weighted by atomic mass is 9.99. The first kappa shape index (κ1) is 17.7. The minimum absolute atomic E-state index is 0.317. The molecule has 2 aliphatic rings. The van der Waals surface area contributed by atoms with E-state index in [1.54, 1.807) is 0 Å². The smallest absolute Gasteiger partial charge is 0.0829 e. The monoisotopic (exact) mass is 350 g/mol. The average molecular weight is 351 g/mol. The van der Waals surface area contributed by atoms with Gasteiger partial charge in [0.25, 0.3) is 0 Å². The van der Waals surface area contributed by atoms with Gasteiger partial charge in [-0.2, -0.15) is 0 Å². The van der Waals surface area contributed by atoms with Crippen LogP contribution in [0.15, 0.2) is 54.6 Å². The lowest BCUT2D eigenvalue weighted by molar-refractivity contribution is -0.0475. The Kier molecular flexibility index (Phi) is 5.68. The Morgan fingerprint density at radius 1 is 1.00 bits per heavy atom. The van der Waals surface area contributed by atoms with Gasteiger partial charge in [-0.25, -0.2) is 0 Å². The topological polar surface area (TPSA) is 15.7 Å². The average Bonchev–Trinajstić information content (AvgIpc) is 3.11. The van der Waals surface area contributed by atoms with Crippen molar-refractivity contribution in [3.05, 3.63) is 71.3 Å². The molecule has 0 amide bonds. The van der Waals surface area contributed by atoms with Crippen LogP contribution in [0, 0.1) is 6.92 Å². The SMILES string of the molecule is Cc1ccccc1C1CCCN1CC1CN(Cc2ccccc2)CCO1. The molecule has 2 aromatic rings. The third kappa shape index (κ3) is 4.17. The maximum Gasteiger partial charge on any atom is 0.0829 e. The molecule has 0 N–H and O–H groups in total. The normalized spacial score (nSPS) is 24.8. The summed E-state index contributed by atoms with van der Waals surface area (Å²) < 4.78 is 6.14. The van der Waals surface area contributed by atoms with Crippen LogP contribution in [-0.2, 0) is 11.3 Å². The van der Waals surface area contributed by atoms with Crippen molar-refractivity contribution in [3.63, 3.8) is 0 Å². The number of rotatable bonds is 5. The van der Waals surface area contributed by atoms with E-state index in [4.69, 9.17) is 4.74 Å². The van der Waals surface area contributed by atoms with Crippen LogP contribution in [0.5, 0.6) is 0 Å². The molecule has 2 aromatic carbocycles. The number of nitrogens with zero attached hydrogens (tertiary/aromatic N) is 2. The molecule has 0 radical (unpaired) electrons. The zero-order valence-corrected chi connectivity index (χ0v) is 15.8. The van der Waals surface area contributed by atoms with E-state index in [0.717, 1.165) is 32.8 Å². The molecule has 26 heavy (non-hydrogen) atoms.